The smallest absolute Gasteiger partial charge is 0.256 e. The standard InChI is InChI=1S/C23H36N2O3/c1-18(2)21-7-5-19(6-8-21)15-25-12-4-11-23(27,22(25)26)17-24-13-9-20(10-14-24)16-28-3/h5-8,18,20,27H,4,9-17H2,1-3H3/t23-/m0/s1. The number of carbonyl (C=O) groups is 1. The van der Waals surface area contributed by atoms with E-state index in [1.54, 1.807) is 7.11 Å². The summed E-state index contributed by atoms with van der Waals surface area (Å²) in [5.74, 6) is 0.998. The van der Waals surface area contributed by atoms with Crippen LogP contribution in [0.5, 0.6) is 0 Å². The zero-order chi connectivity index (χ0) is 20.1. The highest BCUT2D eigenvalue weighted by atomic mass is 16.5. The summed E-state index contributed by atoms with van der Waals surface area (Å²) in [6, 6.07) is 8.50. The van der Waals surface area contributed by atoms with Gasteiger partial charge in [0.1, 0.15) is 0 Å². The van der Waals surface area contributed by atoms with E-state index >= 15 is 0 Å². The molecule has 1 aromatic carbocycles. The van der Waals surface area contributed by atoms with Crippen LogP contribution in [0.3, 0.4) is 0 Å². The Kier molecular flexibility index (Phi) is 7.13. The van der Waals surface area contributed by atoms with Crippen LogP contribution in [0.1, 0.15) is 56.6 Å². The van der Waals surface area contributed by atoms with E-state index in [1.807, 2.05) is 4.90 Å². The van der Waals surface area contributed by atoms with E-state index in [1.165, 1.54) is 5.56 Å². The first kappa shape index (κ1) is 21.3. The van der Waals surface area contributed by atoms with Gasteiger partial charge in [0.2, 0.25) is 0 Å². The molecular formula is C23H36N2O3. The molecular weight excluding hydrogens is 352 g/mol. The number of rotatable bonds is 7. The van der Waals surface area contributed by atoms with Gasteiger partial charge in [-0.1, -0.05) is 38.1 Å². The van der Waals surface area contributed by atoms with Crippen molar-refractivity contribution in [2.24, 2.45) is 5.92 Å². The van der Waals surface area contributed by atoms with Gasteiger partial charge >= 0.3 is 0 Å². The Morgan fingerprint density at radius 1 is 1.18 bits per heavy atom. The molecule has 1 aromatic rings. The number of likely N-dealkylation sites (tertiary alicyclic amines) is 2. The maximum absolute atomic E-state index is 13.1. The summed E-state index contributed by atoms with van der Waals surface area (Å²) in [6.45, 7) is 8.79. The van der Waals surface area contributed by atoms with Crippen LogP contribution in [0.4, 0.5) is 0 Å². The lowest BCUT2D eigenvalue weighted by molar-refractivity contribution is -0.160. The molecule has 2 heterocycles. The van der Waals surface area contributed by atoms with Gasteiger partial charge in [0, 0.05) is 33.4 Å². The van der Waals surface area contributed by atoms with Crippen LogP contribution in [0.15, 0.2) is 24.3 Å². The van der Waals surface area contributed by atoms with Crippen molar-refractivity contribution < 1.29 is 14.6 Å². The van der Waals surface area contributed by atoms with Crippen molar-refractivity contribution >= 4 is 5.91 Å². The number of piperidine rings is 2. The van der Waals surface area contributed by atoms with E-state index < -0.39 is 5.60 Å². The van der Waals surface area contributed by atoms with E-state index in [4.69, 9.17) is 4.74 Å². The summed E-state index contributed by atoms with van der Waals surface area (Å²) in [4.78, 5) is 17.2. The maximum atomic E-state index is 13.1. The van der Waals surface area contributed by atoms with Crippen molar-refractivity contribution in [2.75, 3.05) is 39.9 Å². The Bertz CT molecular complexity index is 638. The average Bonchev–Trinajstić information content (AvgIpc) is 2.68. The van der Waals surface area contributed by atoms with Crippen molar-refractivity contribution in [2.45, 2.75) is 57.6 Å². The maximum Gasteiger partial charge on any atom is 0.256 e. The first-order valence-electron chi connectivity index (χ1n) is 10.7. The molecule has 156 valence electrons. The van der Waals surface area contributed by atoms with E-state index in [0.29, 0.717) is 31.3 Å². The minimum absolute atomic E-state index is 0.106. The second kappa shape index (κ2) is 9.38. The van der Waals surface area contributed by atoms with Crippen LogP contribution in [-0.4, -0.2) is 66.3 Å². The zero-order valence-corrected chi connectivity index (χ0v) is 17.7. The summed E-state index contributed by atoms with van der Waals surface area (Å²) in [7, 11) is 1.75. The number of hydrogen-bond acceptors (Lipinski definition) is 4. The molecule has 5 nitrogen and oxygen atoms in total. The van der Waals surface area contributed by atoms with Crippen LogP contribution in [0.2, 0.25) is 0 Å². The fourth-order valence-electron chi connectivity index (χ4n) is 4.51. The van der Waals surface area contributed by atoms with Crippen molar-refractivity contribution in [1.82, 2.24) is 9.80 Å². The van der Waals surface area contributed by atoms with E-state index in [2.05, 4.69) is 43.0 Å². The van der Waals surface area contributed by atoms with Crippen LogP contribution in [0, 0.1) is 5.92 Å². The second-order valence-corrected chi connectivity index (χ2v) is 8.93. The number of carbonyl (C=O) groups excluding carboxylic acids is 1. The molecule has 1 amide bonds. The van der Waals surface area contributed by atoms with E-state index in [0.717, 1.165) is 51.1 Å². The number of β-amino-alcohol motifs (C(OH)–C–C–N with tert-alkyl or cyclic N) is 1. The molecule has 2 aliphatic rings. The SMILES string of the molecule is COCC1CCN(C[C@@]2(O)CCCN(Cc3ccc(C(C)C)cc3)C2=O)CC1. The minimum Gasteiger partial charge on any atom is -0.384 e. The third-order valence-electron chi connectivity index (χ3n) is 6.32. The highest BCUT2D eigenvalue weighted by molar-refractivity contribution is 5.86. The Morgan fingerprint density at radius 3 is 2.46 bits per heavy atom. The molecule has 0 aliphatic carbocycles. The first-order valence-corrected chi connectivity index (χ1v) is 10.7. The van der Waals surface area contributed by atoms with Gasteiger partial charge in [-0.2, -0.15) is 0 Å². The topological polar surface area (TPSA) is 53.0 Å². The lowest BCUT2D eigenvalue weighted by Crippen LogP contribution is -2.59. The molecule has 0 bridgehead atoms. The van der Waals surface area contributed by atoms with Gasteiger partial charge in [-0.25, -0.2) is 0 Å². The van der Waals surface area contributed by atoms with Crippen LogP contribution >= 0.6 is 0 Å². The highest BCUT2D eigenvalue weighted by Gasteiger charge is 2.43. The van der Waals surface area contributed by atoms with Crippen molar-refractivity contribution in [3.63, 3.8) is 0 Å². The zero-order valence-electron chi connectivity index (χ0n) is 17.7. The van der Waals surface area contributed by atoms with Gasteiger partial charge in [-0.15, -0.1) is 0 Å². The summed E-state index contributed by atoms with van der Waals surface area (Å²) < 4.78 is 5.27. The molecule has 28 heavy (non-hydrogen) atoms. The number of amides is 1. The molecule has 5 heteroatoms. The lowest BCUT2D eigenvalue weighted by Gasteiger charge is -2.42. The molecule has 3 rings (SSSR count). The van der Waals surface area contributed by atoms with E-state index in [-0.39, 0.29) is 5.91 Å². The number of benzene rings is 1. The molecule has 2 fully saturated rings. The van der Waals surface area contributed by atoms with Gasteiger partial charge in [-0.3, -0.25) is 9.69 Å². The number of hydrogen-bond donors (Lipinski definition) is 1. The van der Waals surface area contributed by atoms with Crippen molar-refractivity contribution in [3.8, 4) is 0 Å². The summed E-state index contributed by atoms with van der Waals surface area (Å²) >= 11 is 0. The minimum atomic E-state index is -1.25. The predicted octanol–water partition coefficient (Wildman–Crippen LogP) is 3.02. The van der Waals surface area contributed by atoms with Crippen LogP contribution in [0.25, 0.3) is 0 Å². The predicted molar refractivity (Wildman–Crippen MR) is 111 cm³/mol. The number of nitrogens with zero attached hydrogens (tertiary/aromatic N) is 2. The summed E-state index contributed by atoms with van der Waals surface area (Å²) in [5.41, 5.74) is 1.19. The fourth-order valence-corrected chi connectivity index (χ4v) is 4.51. The molecule has 2 saturated heterocycles. The normalized spacial score (nSPS) is 24.9. The van der Waals surface area contributed by atoms with Gasteiger partial charge in [-0.05, 0) is 61.7 Å². The molecule has 0 saturated carbocycles. The number of aliphatic hydroxyl groups is 1. The van der Waals surface area contributed by atoms with Crippen molar-refractivity contribution in [3.05, 3.63) is 35.4 Å². The molecule has 1 atom stereocenters. The van der Waals surface area contributed by atoms with Gasteiger partial charge in [0.05, 0.1) is 0 Å². The van der Waals surface area contributed by atoms with Gasteiger partial charge in [0.15, 0.2) is 5.60 Å². The molecule has 0 unspecified atom stereocenters. The molecule has 1 N–H and O–H groups in total. The Balaban J connectivity index is 1.58. The molecule has 0 radical (unpaired) electrons. The Labute approximate surface area is 169 Å². The monoisotopic (exact) mass is 388 g/mol. The number of methoxy groups -OCH3 is 1. The van der Waals surface area contributed by atoms with Crippen molar-refractivity contribution in [1.29, 1.82) is 0 Å². The third kappa shape index (κ3) is 5.13. The Morgan fingerprint density at radius 2 is 1.86 bits per heavy atom. The average molecular weight is 389 g/mol. The van der Waals surface area contributed by atoms with Gasteiger partial charge in [0.25, 0.3) is 5.91 Å². The second-order valence-electron chi connectivity index (χ2n) is 8.93. The molecule has 0 spiro atoms. The van der Waals surface area contributed by atoms with Gasteiger partial charge < -0.3 is 14.7 Å². The summed E-state index contributed by atoms with van der Waals surface area (Å²) in [6.07, 6.45) is 3.56. The van der Waals surface area contributed by atoms with E-state index in [9.17, 15) is 9.90 Å². The Hall–Kier alpha value is -1.43. The first-order chi connectivity index (χ1) is 13.4. The highest BCUT2D eigenvalue weighted by Crippen LogP contribution is 2.28. The lowest BCUT2D eigenvalue weighted by atomic mass is 9.89. The fraction of sp³-hybridized carbons (Fsp3) is 0.696. The molecule has 2 aliphatic heterocycles. The largest absolute Gasteiger partial charge is 0.384 e. The van der Waals surface area contributed by atoms with Crippen LogP contribution in [-0.2, 0) is 16.1 Å². The molecule has 0 aromatic heterocycles. The summed E-state index contributed by atoms with van der Waals surface area (Å²) in [5, 5.41) is 11.2. The third-order valence-corrected chi connectivity index (χ3v) is 6.32. The number of ether oxygens (including phenoxy) is 1. The van der Waals surface area contributed by atoms with Crippen LogP contribution < -0.4 is 0 Å². The quantitative estimate of drug-likeness (QED) is 0.780.